The summed E-state index contributed by atoms with van der Waals surface area (Å²) in [6.07, 6.45) is 0.595. The largest absolute Gasteiger partial charge is 0.396 e. The highest BCUT2D eigenvalue weighted by Gasteiger charge is 2.15. The van der Waals surface area contributed by atoms with E-state index >= 15 is 0 Å². The lowest BCUT2D eigenvalue weighted by Gasteiger charge is -2.14. The third-order valence-electron chi connectivity index (χ3n) is 2.35. The Balaban J connectivity index is 2.84. The van der Waals surface area contributed by atoms with E-state index in [0.29, 0.717) is 6.42 Å². The van der Waals surface area contributed by atoms with E-state index in [4.69, 9.17) is 10.8 Å². The van der Waals surface area contributed by atoms with Gasteiger partial charge in [0.05, 0.1) is 23.9 Å². The number of halogens is 1. The third-order valence-corrected chi connectivity index (χ3v) is 2.35. The summed E-state index contributed by atoms with van der Waals surface area (Å²) >= 11 is 0. The van der Waals surface area contributed by atoms with Crippen LogP contribution in [0.1, 0.15) is 23.7 Å². The molecule has 0 saturated carbocycles. The van der Waals surface area contributed by atoms with E-state index in [1.807, 2.05) is 6.92 Å². The van der Waals surface area contributed by atoms with Gasteiger partial charge in [-0.1, -0.05) is 13.0 Å². The number of nitrogens with one attached hydrogen (secondary N) is 1. The molecule has 5 heteroatoms. The lowest BCUT2D eigenvalue weighted by atomic mass is 10.1. The molecule has 0 aliphatic carbocycles. The van der Waals surface area contributed by atoms with E-state index < -0.39 is 11.7 Å². The number of aliphatic hydroxyl groups excluding tert-OH is 1. The average Bonchev–Trinajstić information content (AvgIpc) is 2.29. The van der Waals surface area contributed by atoms with Crippen LogP contribution in [0, 0.1) is 5.82 Å². The molecule has 0 radical (unpaired) electrons. The zero-order valence-corrected chi connectivity index (χ0v) is 9.03. The molecule has 1 rings (SSSR count). The van der Waals surface area contributed by atoms with E-state index in [9.17, 15) is 9.18 Å². The molecular weight excluding hydrogens is 211 g/mol. The van der Waals surface area contributed by atoms with Gasteiger partial charge >= 0.3 is 0 Å². The summed E-state index contributed by atoms with van der Waals surface area (Å²) in [4.78, 5) is 11.7. The highest BCUT2D eigenvalue weighted by molar-refractivity contribution is 5.99. The van der Waals surface area contributed by atoms with Crippen molar-refractivity contribution in [1.82, 2.24) is 5.32 Å². The van der Waals surface area contributed by atoms with Crippen LogP contribution >= 0.6 is 0 Å². The fourth-order valence-electron chi connectivity index (χ4n) is 1.27. The zero-order chi connectivity index (χ0) is 12.1. The van der Waals surface area contributed by atoms with Gasteiger partial charge in [0.15, 0.2) is 0 Å². The minimum Gasteiger partial charge on any atom is -0.396 e. The van der Waals surface area contributed by atoms with Crippen molar-refractivity contribution in [1.29, 1.82) is 0 Å². The number of hydrogen-bond donors (Lipinski definition) is 3. The number of anilines is 1. The fourth-order valence-corrected chi connectivity index (χ4v) is 1.27. The average molecular weight is 226 g/mol. The van der Waals surface area contributed by atoms with Gasteiger partial charge in [0, 0.05) is 0 Å². The van der Waals surface area contributed by atoms with Crippen LogP contribution in [0.15, 0.2) is 18.2 Å². The van der Waals surface area contributed by atoms with Crippen LogP contribution in [0.3, 0.4) is 0 Å². The Bertz CT molecular complexity index is 378. The Morgan fingerprint density at radius 3 is 2.88 bits per heavy atom. The number of nitrogen functional groups attached to an aromatic ring is 1. The van der Waals surface area contributed by atoms with Crippen molar-refractivity contribution in [2.45, 2.75) is 19.4 Å². The molecule has 0 aliphatic rings. The number of carbonyl (C=O) groups is 1. The molecule has 1 amide bonds. The number of hydrogen-bond acceptors (Lipinski definition) is 3. The molecule has 0 spiro atoms. The van der Waals surface area contributed by atoms with Gasteiger partial charge in [-0.25, -0.2) is 4.39 Å². The SMILES string of the molecule is CC[C@H](CO)NC(=O)c1cccc(F)c1N. The second kappa shape index (κ2) is 5.46. The molecule has 1 aromatic carbocycles. The number of carbonyl (C=O) groups excluding carboxylic acids is 1. The smallest absolute Gasteiger partial charge is 0.253 e. The molecule has 0 aliphatic heterocycles. The van der Waals surface area contributed by atoms with Crippen molar-refractivity contribution in [3.63, 3.8) is 0 Å². The first kappa shape index (κ1) is 12.4. The monoisotopic (exact) mass is 226 g/mol. The number of aliphatic hydroxyl groups is 1. The highest BCUT2D eigenvalue weighted by atomic mass is 19.1. The summed E-state index contributed by atoms with van der Waals surface area (Å²) in [5.74, 6) is -1.09. The van der Waals surface area contributed by atoms with Crippen molar-refractivity contribution >= 4 is 11.6 Å². The molecule has 1 atom stereocenters. The normalized spacial score (nSPS) is 12.2. The van der Waals surface area contributed by atoms with Gasteiger partial charge in [-0.15, -0.1) is 0 Å². The van der Waals surface area contributed by atoms with E-state index in [-0.39, 0.29) is 23.9 Å². The summed E-state index contributed by atoms with van der Waals surface area (Å²) in [6, 6.07) is 3.71. The Labute approximate surface area is 93.3 Å². The molecular formula is C11H15FN2O2. The van der Waals surface area contributed by atoms with Crippen LogP contribution in [-0.2, 0) is 0 Å². The standard InChI is InChI=1S/C11H15FN2O2/c1-2-7(6-15)14-11(16)8-4-3-5-9(12)10(8)13/h3-5,7,15H,2,6,13H2,1H3,(H,14,16)/t7-/m1/s1. The predicted octanol–water partition coefficient (Wildman–Crippen LogP) is 0.909. The van der Waals surface area contributed by atoms with Crippen molar-refractivity contribution < 1.29 is 14.3 Å². The van der Waals surface area contributed by atoms with Crippen LogP contribution in [0.25, 0.3) is 0 Å². The fraction of sp³-hybridized carbons (Fsp3) is 0.364. The van der Waals surface area contributed by atoms with E-state index in [2.05, 4.69) is 5.32 Å². The highest BCUT2D eigenvalue weighted by Crippen LogP contribution is 2.15. The van der Waals surface area contributed by atoms with Crippen LogP contribution in [0.5, 0.6) is 0 Å². The molecule has 4 nitrogen and oxygen atoms in total. The number of benzene rings is 1. The van der Waals surface area contributed by atoms with Crippen LogP contribution < -0.4 is 11.1 Å². The summed E-state index contributed by atoms with van der Waals surface area (Å²) in [7, 11) is 0. The lowest BCUT2D eigenvalue weighted by Crippen LogP contribution is -2.37. The van der Waals surface area contributed by atoms with Crippen LogP contribution in [0.2, 0.25) is 0 Å². The van der Waals surface area contributed by atoms with Crippen molar-refractivity contribution in [3.05, 3.63) is 29.6 Å². The molecule has 4 N–H and O–H groups in total. The summed E-state index contributed by atoms with van der Waals surface area (Å²) in [5.41, 5.74) is 5.36. The molecule has 0 heterocycles. The quantitative estimate of drug-likeness (QED) is 0.668. The van der Waals surface area contributed by atoms with Crippen molar-refractivity contribution in [2.75, 3.05) is 12.3 Å². The Hall–Kier alpha value is -1.62. The van der Waals surface area contributed by atoms with Gasteiger partial charge in [-0.05, 0) is 18.6 Å². The summed E-state index contributed by atoms with van der Waals surface area (Å²) < 4.78 is 13.1. The number of rotatable bonds is 4. The molecule has 16 heavy (non-hydrogen) atoms. The minimum absolute atomic E-state index is 0.0897. The molecule has 88 valence electrons. The van der Waals surface area contributed by atoms with E-state index in [1.54, 1.807) is 0 Å². The van der Waals surface area contributed by atoms with Gasteiger partial charge in [-0.3, -0.25) is 4.79 Å². The van der Waals surface area contributed by atoms with Crippen LogP contribution in [0.4, 0.5) is 10.1 Å². The second-order valence-electron chi connectivity index (χ2n) is 3.46. The van der Waals surface area contributed by atoms with E-state index in [0.717, 1.165) is 0 Å². The maximum atomic E-state index is 13.1. The number of amides is 1. The topological polar surface area (TPSA) is 75.3 Å². The summed E-state index contributed by atoms with van der Waals surface area (Å²) in [5, 5.41) is 11.5. The van der Waals surface area contributed by atoms with Gasteiger partial charge < -0.3 is 16.2 Å². The van der Waals surface area contributed by atoms with E-state index in [1.165, 1.54) is 18.2 Å². The van der Waals surface area contributed by atoms with Crippen molar-refractivity contribution in [2.24, 2.45) is 0 Å². The molecule has 0 saturated heterocycles. The van der Waals surface area contributed by atoms with Gasteiger partial charge in [0.2, 0.25) is 0 Å². The second-order valence-corrected chi connectivity index (χ2v) is 3.46. The minimum atomic E-state index is -0.621. The maximum Gasteiger partial charge on any atom is 0.253 e. The third kappa shape index (κ3) is 2.70. The summed E-state index contributed by atoms with van der Waals surface area (Å²) in [6.45, 7) is 1.67. The van der Waals surface area contributed by atoms with Crippen molar-refractivity contribution in [3.8, 4) is 0 Å². The molecule has 1 aromatic rings. The first-order valence-electron chi connectivity index (χ1n) is 5.05. The van der Waals surface area contributed by atoms with Crippen LogP contribution in [-0.4, -0.2) is 23.7 Å². The molecule has 0 aromatic heterocycles. The maximum absolute atomic E-state index is 13.1. The molecule has 0 fully saturated rings. The lowest BCUT2D eigenvalue weighted by molar-refractivity contribution is 0.0915. The van der Waals surface area contributed by atoms with Gasteiger partial charge in [0.1, 0.15) is 5.82 Å². The Morgan fingerprint density at radius 1 is 1.62 bits per heavy atom. The molecule has 0 unspecified atom stereocenters. The predicted molar refractivity (Wildman–Crippen MR) is 59.4 cm³/mol. The first-order valence-corrected chi connectivity index (χ1v) is 5.05. The zero-order valence-electron chi connectivity index (χ0n) is 9.03. The Morgan fingerprint density at radius 2 is 2.31 bits per heavy atom. The first-order chi connectivity index (χ1) is 7.60. The van der Waals surface area contributed by atoms with Gasteiger partial charge in [-0.2, -0.15) is 0 Å². The number of para-hydroxylation sites is 1. The Kier molecular flexibility index (Phi) is 4.25. The number of nitrogens with two attached hydrogens (primary N) is 1. The molecule has 0 bridgehead atoms. The van der Waals surface area contributed by atoms with Gasteiger partial charge in [0.25, 0.3) is 5.91 Å².